The van der Waals surface area contributed by atoms with E-state index in [9.17, 15) is 4.39 Å². The van der Waals surface area contributed by atoms with Crippen LogP contribution in [0.25, 0.3) is 27.8 Å². The molecule has 0 fully saturated rings. The molecule has 22 heavy (non-hydrogen) atoms. The van der Waals surface area contributed by atoms with E-state index in [1.165, 1.54) is 12.1 Å². The molecule has 4 aromatic rings. The standard InChI is InChI=1S/C15H10FN5.CH4/c16-11-3-4-12-13(8-17-14(12)6-11)10-7-19-21(9-10)15-2-1-5-18-20-15;/h1-9,17H;1H4. The molecular formula is C16H14FN5. The average Bonchev–Trinajstić information content (AvgIpc) is 3.13. The predicted molar refractivity (Wildman–Crippen MR) is 83.1 cm³/mol. The van der Waals surface area contributed by atoms with Gasteiger partial charge in [0.05, 0.1) is 6.20 Å². The van der Waals surface area contributed by atoms with Crippen LogP contribution in [0.5, 0.6) is 0 Å². The molecule has 0 atom stereocenters. The van der Waals surface area contributed by atoms with E-state index in [4.69, 9.17) is 0 Å². The van der Waals surface area contributed by atoms with Crippen molar-refractivity contribution in [2.24, 2.45) is 0 Å². The quantitative estimate of drug-likeness (QED) is 0.615. The van der Waals surface area contributed by atoms with Gasteiger partial charge in [-0.1, -0.05) is 7.43 Å². The Morgan fingerprint density at radius 1 is 1.18 bits per heavy atom. The molecule has 0 aliphatic heterocycles. The van der Waals surface area contributed by atoms with Crippen LogP contribution in [0.2, 0.25) is 0 Å². The fourth-order valence-corrected chi connectivity index (χ4v) is 2.34. The van der Waals surface area contributed by atoms with E-state index >= 15 is 0 Å². The molecule has 0 radical (unpaired) electrons. The van der Waals surface area contributed by atoms with E-state index in [0.29, 0.717) is 5.82 Å². The lowest BCUT2D eigenvalue weighted by atomic mass is 10.1. The monoisotopic (exact) mass is 295 g/mol. The number of nitrogens with one attached hydrogen (secondary N) is 1. The maximum Gasteiger partial charge on any atom is 0.175 e. The number of halogens is 1. The Morgan fingerprint density at radius 3 is 2.91 bits per heavy atom. The lowest BCUT2D eigenvalue weighted by molar-refractivity contribution is 0.629. The topological polar surface area (TPSA) is 59.4 Å². The zero-order valence-electron chi connectivity index (χ0n) is 10.9. The second-order valence-corrected chi connectivity index (χ2v) is 4.65. The zero-order valence-corrected chi connectivity index (χ0v) is 10.9. The van der Waals surface area contributed by atoms with Gasteiger partial charge in [0.2, 0.25) is 0 Å². The summed E-state index contributed by atoms with van der Waals surface area (Å²) >= 11 is 0. The number of rotatable bonds is 2. The maximum absolute atomic E-state index is 13.2. The van der Waals surface area contributed by atoms with E-state index in [-0.39, 0.29) is 13.2 Å². The van der Waals surface area contributed by atoms with Crippen LogP contribution in [0.3, 0.4) is 0 Å². The van der Waals surface area contributed by atoms with Gasteiger partial charge in [0.1, 0.15) is 5.82 Å². The smallest absolute Gasteiger partial charge is 0.175 e. The van der Waals surface area contributed by atoms with Crippen molar-refractivity contribution >= 4 is 10.9 Å². The van der Waals surface area contributed by atoms with Crippen LogP contribution in [-0.2, 0) is 0 Å². The molecule has 4 rings (SSSR count). The number of hydrogen-bond acceptors (Lipinski definition) is 3. The van der Waals surface area contributed by atoms with Crippen molar-refractivity contribution in [2.45, 2.75) is 7.43 Å². The van der Waals surface area contributed by atoms with E-state index in [1.807, 2.05) is 18.5 Å². The molecule has 6 heteroatoms. The summed E-state index contributed by atoms with van der Waals surface area (Å²) in [4.78, 5) is 3.07. The van der Waals surface area contributed by atoms with Crippen molar-refractivity contribution in [2.75, 3.05) is 0 Å². The Labute approximate surface area is 126 Å². The van der Waals surface area contributed by atoms with Gasteiger partial charge in [-0.05, 0) is 30.3 Å². The van der Waals surface area contributed by atoms with Crippen molar-refractivity contribution in [3.05, 3.63) is 60.9 Å². The number of aromatic nitrogens is 5. The largest absolute Gasteiger partial charge is 0.360 e. The van der Waals surface area contributed by atoms with Crippen molar-refractivity contribution in [1.82, 2.24) is 25.0 Å². The summed E-state index contributed by atoms with van der Waals surface area (Å²) in [5.41, 5.74) is 2.66. The van der Waals surface area contributed by atoms with Gasteiger partial charge in [-0.3, -0.25) is 0 Å². The molecule has 1 aromatic carbocycles. The van der Waals surface area contributed by atoms with Crippen LogP contribution >= 0.6 is 0 Å². The summed E-state index contributed by atoms with van der Waals surface area (Å²) in [5, 5.41) is 13.1. The minimum Gasteiger partial charge on any atom is -0.360 e. The average molecular weight is 295 g/mol. The Hall–Kier alpha value is -3.02. The fraction of sp³-hybridized carbons (Fsp3) is 0.0625. The predicted octanol–water partition coefficient (Wildman–Crippen LogP) is 3.59. The second kappa shape index (κ2) is 5.40. The van der Waals surface area contributed by atoms with E-state index in [2.05, 4.69) is 20.3 Å². The minimum atomic E-state index is -0.258. The normalized spacial score (nSPS) is 10.6. The van der Waals surface area contributed by atoms with Gasteiger partial charge in [0.15, 0.2) is 5.82 Å². The molecule has 3 heterocycles. The van der Waals surface area contributed by atoms with Gasteiger partial charge >= 0.3 is 0 Å². The van der Waals surface area contributed by atoms with Gasteiger partial charge in [-0.2, -0.15) is 10.2 Å². The highest BCUT2D eigenvalue weighted by Crippen LogP contribution is 2.28. The number of hydrogen-bond donors (Lipinski definition) is 1. The Balaban J connectivity index is 0.00000144. The third-order valence-electron chi connectivity index (χ3n) is 3.33. The second-order valence-electron chi connectivity index (χ2n) is 4.65. The lowest BCUT2D eigenvalue weighted by Gasteiger charge is -1.97. The highest BCUT2D eigenvalue weighted by atomic mass is 19.1. The number of fused-ring (bicyclic) bond motifs is 1. The first-order valence-corrected chi connectivity index (χ1v) is 6.41. The summed E-state index contributed by atoms with van der Waals surface area (Å²) in [6, 6.07) is 8.32. The van der Waals surface area contributed by atoms with Crippen LogP contribution in [0, 0.1) is 5.82 Å². The van der Waals surface area contributed by atoms with Gasteiger partial charge in [-0.25, -0.2) is 9.07 Å². The summed E-state index contributed by atoms with van der Waals surface area (Å²) in [6.07, 6.45) is 7.08. The minimum absolute atomic E-state index is 0. The summed E-state index contributed by atoms with van der Waals surface area (Å²) in [6.45, 7) is 0. The van der Waals surface area contributed by atoms with Gasteiger partial charge in [0.25, 0.3) is 0 Å². The van der Waals surface area contributed by atoms with Crippen LogP contribution in [0.4, 0.5) is 4.39 Å². The van der Waals surface area contributed by atoms with Gasteiger partial charge in [-0.15, -0.1) is 5.10 Å². The molecule has 0 spiro atoms. The van der Waals surface area contributed by atoms with Crippen molar-refractivity contribution < 1.29 is 4.39 Å². The molecular weight excluding hydrogens is 281 g/mol. The van der Waals surface area contributed by atoms with Crippen LogP contribution < -0.4 is 0 Å². The van der Waals surface area contributed by atoms with Crippen LogP contribution in [0.1, 0.15) is 7.43 Å². The first-order valence-electron chi connectivity index (χ1n) is 6.41. The van der Waals surface area contributed by atoms with Crippen LogP contribution in [-0.4, -0.2) is 25.0 Å². The highest BCUT2D eigenvalue weighted by molar-refractivity contribution is 5.95. The summed E-state index contributed by atoms with van der Waals surface area (Å²) < 4.78 is 14.9. The molecule has 3 aromatic heterocycles. The van der Waals surface area contributed by atoms with Crippen molar-refractivity contribution in [3.8, 4) is 16.9 Å². The molecule has 0 unspecified atom stereocenters. The number of benzene rings is 1. The SMILES string of the molecule is C.Fc1ccc2c(-c3cnn(-c4cccnn4)c3)c[nH]c2c1. The maximum atomic E-state index is 13.2. The highest BCUT2D eigenvalue weighted by Gasteiger charge is 2.10. The van der Waals surface area contributed by atoms with Crippen molar-refractivity contribution in [1.29, 1.82) is 0 Å². The molecule has 1 N–H and O–H groups in total. The number of aromatic amines is 1. The third-order valence-corrected chi connectivity index (χ3v) is 3.33. The molecule has 0 bridgehead atoms. The first-order chi connectivity index (χ1) is 10.3. The first kappa shape index (κ1) is 13.9. The van der Waals surface area contributed by atoms with E-state index in [0.717, 1.165) is 22.0 Å². The summed E-state index contributed by atoms with van der Waals surface area (Å²) in [5.74, 6) is 0.390. The Bertz CT molecular complexity index is 911. The Kier molecular flexibility index (Phi) is 3.42. The fourth-order valence-electron chi connectivity index (χ4n) is 2.34. The molecule has 0 saturated heterocycles. The third kappa shape index (κ3) is 2.24. The molecule has 110 valence electrons. The number of H-pyrrole nitrogens is 1. The molecule has 0 amide bonds. The molecule has 5 nitrogen and oxygen atoms in total. The molecule has 0 aliphatic carbocycles. The molecule has 0 saturated carbocycles. The number of nitrogens with zero attached hydrogens (tertiary/aromatic N) is 4. The van der Waals surface area contributed by atoms with Crippen LogP contribution in [0.15, 0.2) is 55.1 Å². The lowest BCUT2D eigenvalue weighted by Crippen LogP contribution is -1.97. The Morgan fingerprint density at radius 2 is 2.09 bits per heavy atom. The summed E-state index contributed by atoms with van der Waals surface area (Å²) in [7, 11) is 0. The van der Waals surface area contributed by atoms with Crippen molar-refractivity contribution in [3.63, 3.8) is 0 Å². The van der Waals surface area contributed by atoms with Gasteiger partial charge < -0.3 is 4.98 Å². The van der Waals surface area contributed by atoms with E-state index < -0.39 is 0 Å². The van der Waals surface area contributed by atoms with Gasteiger partial charge in [0, 0.05) is 40.6 Å². The molecule has 0 aliphatic rings. The zero-order chi connectivity index (χ0) is 14.2. The van der Waals surface area contributed by atoms with E-state index in [1.54, 1.807) is 29.2 Å².